The standard InChI is InChI=1S/C10H9ClN2O/c1-6-10(14)13(2)9-4-3-7(11)5-8(9)12-6/h3-5H,1-2H3. The number of aryl methyl sites for hydroxylation is 2. The summed E-state index contributed by atoms with van der Waals surface area (Å²) in [5.74, 6) is 0. The number of fused-ring (bicyclic) bond motifs is 1. The van der Waals surface area contributed by atoms with Gasteiger partial charge in [-0.05, 0) is 25.1 Å². The second kappa shape index (κ2) is 3.10. The van der Waals surface area contributed by atoms with E-state index >= 15 is 0 Å². The Balaban J connectivity index is 2.98. The molecule has 0 aliphatic rings. The van der Waals surface area contributed by atoms with Gasteiger partial charge in [-0.25, -0.2) is 4.98 Å². The van der Waals surface area contributed by atoms with Crippen LogP contribution in [0.3, 0.4) is 0 Å². The molecule has 4 heteroatoms. The molecule has 0 aliphatic heterocycles. The Hall–Kier alpha value is -1.35. The highest BCUT2D eigenvalue weighted by Crippen LogP contribution is 2.15. The molecule has 0 radical (unpaired) electrons. The molecule has 0 N–H and O–H groups in total. The lowest BCUT2D eigenvalue weighted by atomic mass is 10.3. The molecular formula is C10H9ClN2O. The molecule has 0 bridgehead atoms. The Morgan fingerprint density at radius 2 is 2.14 bits per heavy atom. The maximum absolute atomic E-state index is 11.5. The van der Waals surface area contributed by atoms with E-state index in [1.165, 1.54) is 0 Å². The summed E-state index contributed by atoms with van der Waals surface area (Å²) in [5.41, 5.74) is 1.96. The van der Waals surface area contributed by atoms with E-state index in [0.717, 1.165) is 11.0 Å². The fourth-order valence-corrected chi connectivity index (χ4v) is 1.62. The molecule has 0 saturated carbocycles. The molecule has 0 unspecified atom stereocenters. The summed E-state index contributed by atoms with van der Waals surface area (Å²) < 4.78 is 1.58. The molecule has 1 aromatic heterocycles. The number of rotatable bonds is 0. The van der Waals surface area contributed by atoms with Gasteiger partial charge in [-0.2, -0.15) is 0 Å². The largest absolute Gasteiger partial charge is 0.308 e. The fourth-order valence-electron chi connectivity index (χ4n) is 1.45. The number of halogens is 1. The molecule has 0 amide bonds. The van der Waals surface area contributed by atoms with Crippen molar-refractivity contribution in [1.82, 2.24) is 9.55 Å². The smallest absolute Gasteiger partial charge is 0.272 e. The quantitative estimate of drug-likeness (QED) is 0.663. The minimum absolute atomic E-state index is 0.0696. The van der Waals surface area contributed by atoms with Crippen LogP contribution < -0.4 is 5.56 Å². The van der Waals surface area contributed by atoms with Gasteiger partial charge < -0.3 is 4.57 Å². The molecule has 3 nitrogen and oxygen atoms in total. The van der Waals surface area contributed by atoms with Crippen LogP contribution >= 0.6 is 11.6 Å². The van der Waals surface area contributed by atoms with Gasteiger partial charge in [-0.15, -0.1) is 0 Å². The van der Waals surface area contributed by atoms with Crippen LogP contribution in [-0.4, -0.2) is 9.55 Å². The Morgan fingerprint density at radius 1 is 1.43 bits per heavy atom. The van der Waals surface area contributed by atoms with Gasteiger partial charge in [0.2, 0.25) is 0 Å². The SMILES string of the molecule is Cc1nc2cc(Cl)ccc2n(C)c1=O. The van der Waals surface area contributed by atoms with Crippen LogP contribution in [-0.2, 0) is 7.05 Å². The van der Waals surface area contributed by atoms with Crippen molar-refractivity contribution in [3.63, 3.8) is 0 Å². The fraction of sp³-hybridized carbons (Fsp3) is 0.200. The van der Waals surface area contributed by atoms with Crippen LogP contribution in [0.25, 0.3) is 11.0 Å². The van der Waals surface area contributed by atoms with Gasteiger partial charge in [0.05, 0.1) is 11.0 Å². The molecule has 0 spiro atoms. The number of aromatic nitrogens is 2. The van der Waals surface area contributed by atoms with Crippen LogP contribution in [0.2, 0.25) is 5.02 Å². The van der Waals surface area contributed by atoms with E-state index in [9.17, 15) is 4.79 Å². The van der Waals surface area contributed by atoms with E-state index in [4.69, 9.17) is 11.6 Å². The predicted molar refractivity (Wildman–Crippen MR) is 56.7 cm³/mol. The molecule has 1 heterocycles. The van der Waals surface area contributed by atoms with E-state index in [2.05, 4.69) is 4.98 Å². The highest BCUT2D eigenvalue weighted by Gasteiger charge is 2.04. The first-order valence-electron chi connectivity index (χ1n) is 4.22. The Labute approximate surface area is 86.0 Å². The zero-order chi connectivity index (χ0) is 10.3. The van der Waals surface area contributed by atoms with Crippen LogP contribution in [0.15, 0.2) is 23.0 Å². The van der Waals surface area contributed by atoms with Crippen LogP contribution in [0.5, 0.6) is 0 Å². The predicted octanol–water partition coefficient (Wildman–Crippen LogP) is 1.90. The maximum atomic E-state index is 11.5. The highest BCUT2D eigenvalue weighted by molar-refractivity contribution is 6.31. The maximum Gasteiger partial charge on any atom is 0.272 e. The van der Waals surface area contributed by atoms with E-state index < -0.39 is 0 Å². The van der Waals surface area contributed by atoms with Gasteiger partial charge >= 0.3 is 0 Å². The zero-order valence-corrected chi connectivity index (χ0v) is 8.67. The third-order valence-corrected chi connectivity index (χ3v) is 2.44. The molecule has 14 heavy (non-hydrogen) atoms. The van der Waals surface area contributed by atoms with Crippen LogP contribution in [0.1, 0.15) is 5.69 Å². The van der Waals surface area contributed by atoms with Gasteiger partial charge in [-0.1, -0.05) is 11.6 Å². The summed E-state index contributed by atoms with van der Waals surface area (Å²) in [7, 11) is 1.73. The molecule has 0 fully saturated rings. The van der Waals surface area contributed by atoms with E-state index in [1.807, 2.05) is 0 Å². The number of hydrogen-bond acceptors (Lipinski definition) is 2. The summed E-state index contributed by atoms with van der Waals surface area (Å²) in [6, 6.07) is 5.30. The van der Waals surface area contributed by atoms with Crippen molar-refractivity contribution in [2.24, 2.45) is 7.05 Å². The normalized spacial score (nSPS) is 10.8. The number of benzene rings is 1. The van der Waals surface area contributed by atoms with Gasteiger partial charge in [0.25, 0.3) is 5.56 Å². The molecule has 72 valence electrons. The topological polar surface area (TPSA) is 34.9 Å². The molecular weight excluding hydrogens is 200 g/mol. The average molecular weight is 209 g/mol. The van der Waals surface area contributed by atoms with Crippen molar-refractivity contribution in [3.05, 3.63) is 39.3 Å². The third-order valence-electron chi connectivity index (χ3n) is 2.20. The summed E-state index contributed by atoms with van der Waals surface area (Å²) in [4.78, 5) is 15.7. The summed E-state index contributed by atoms with van der Waals surface area (Å²) in [5, 5.41) is 0.628. The van der Waals surface area contributed by atoms with Crippen molar-refractivity contribution in [2.75, 3.05) is 0 Å². The zero-order valence-electron chi connectivity index (χ0n) is 7.91. The molecule has 0 aliphatic carbocycles. The molecule has 2 aromatic rings. The highest BCUT2D eigenvalue weighted by atomic mass is 35.5. The first kappa shape index (κ1) is 9.21. The molecule has 1 aromatic carbocycles. The van der Waals surface area contributed by atoms with Crippen molar-refractivity contribution in [3.8, 4) is 0 Å². The van der Waals surface area contributed by atoms with Gasteiger partial charge in [0.15, 0.2) is 0 Å². The first-order valence-corrected chi connectivity index (χ1v) is 4.60. The van der Waals surface area contributed by atoms with Gasteiger partial charge in [-0.3, -0.25) is 4.79 Å². The van der Waals surface area contributed by atoms with Gasteiger partial charge in [0, 0.05) is 12.1 Å². The van der Waals surface area contributed by atoms with Crippen molar-refractivity contribution < 1.29 is 0 Å². The minimum Gasteiger partial charge on any atom is -0.308 e. The minimum atomic E-state index is -0.0696. The lowest BCUT2D eigenvalue weighted by Crippen LogP contribution is -2.20. The number of nitrogens with zero attached hydrogens (tertiary/aromatic N) is 2. The summed E-state index contributed by atoms with van der Waals surface area (Å²) in [6.07, 6.45) is 0. The monoisotopic (exact) mass is 208 g/mol. The molecule has 2 rings (SSSR count). The van der Waals surface area contributed by atoms with Crippen molar-refractivity contribution in [1.29, 1.82) is 0 Å². The van der Waals surface area contributed by atoms with Crippen LogP contribution in [0.4, 0.5) is 0 Å². The Bertz CT molecular complexity index is 560. The summed E-state index contributed by atoms with van der Waals surface area (Å²) in [6.45, 7) is 1.70. The second-order valence-electron chi connectivity index (χ2n) is 3.19. The van der Waals surface area contributed by atoms with E-state index in [1.54, 1.807) is 36.7 Å². The molecule has 0 saturated heterocycles. The summed E-state index contributed by atoms with van der Waals surface area (Å²) >= 11 is 5.84. The van der Waals surface area contributed by atoms with E-state index in [0.29, 0.717) is 10.7 Å². The lowest BCUT2D eigenvalue weighted by Gasteiger charge is -2.05. The van der Waals surface area contributed by atoms with Crippen LogP contribution in [0, 0.1) is 6.92 Å². The second-order valence-corrected chi connectivity index (χ2v) is 3.63. The number of hydrogen-bond donors (Lipinski definition) is 0. The molecule has 0 atom stereocenters. The van der Waals surface area contributed by atoms with Gasteiger partial charge in [0.1, 0.15) is 5.69 Å². The average Bonchev–Trinajstić information content (AvgIpc) is 2.14. The Morgan fingerprint density at radius 3 is 2.86 bits per heavy atom. The third kappa shape index (κ3) is 1.30. The van der Waals surface area contributed by atoms with Crippen molar-refractivity contribution >= 4 is 22.6 Å². The Kier molecular flexibility index (Phi) is 2.04. The first-order chi connectivity index (χ1) is 6.59. The van der Waals surface area contributed by atoms with Crippen molar-refractivity contribution in [2.45, 2.75) is 6.92 Å². The van der Waals surface area contributed by atoms with E-state index in [-0.39, 0.29) is 5.56 Å². The lowest BCUT2D eigenvalue weighted by molar-refractivity contribution is 0.872.